The molecule has 0 unspecified atom stereocenters. The van der Waals surface area contributed by atoms with Gasteiger partial charge in [-0.3, -0.25) is 0 Å². The van der Waals surface area contributed by atoms with Crippen molar-refractivity contribution < 1.29 is 0 Å². The van der Waals surface area contributed by atoms with Crippen LogP contribution in [-0.4, -0.2) is 17.1 Å². The van der Waals surface area contributed by atoms with Crippen molar-refractivity contribution in [3.05, 3.63) is 16.6 Å². The molecule has 0 aromatic carbocycles. The average molecular weight is 211 g/mol. The molecule has 0 spiro atoms. The number of nitrogens with two attached hydrogens (primary N) is 1. The van der Waals surface area contributed by atoms with Gasteiger partial charge in [0.25, 0.3) is 0 Å². The van der Waals surface area contributed by atoms with E-state index >= 15 is 0 Å². The van der Waals surface area contributed by atoms with Crippen LogP contribution in [0.25, 0.3) is 0 Å². The summed E-state index contributed by atoms with van der Waals surface area (Å²) in [6, 6.07) is 0. The number of rotatable bonds is 5. The van der Waals surface area contributed by atoms with Gasteiger partial charge in [-0.05, 0) is 32.2 Å². The van der Waals surface area contributed by atoms with E-state index in [2.05, 4.69) is 15.7 Å². The van der Waals surface area contributed by atoms with Gasteiger partial charge >= 0.3 is 0 Å². The van der Waals surface area contributed by atoms with Gasteiger partial charge in [0, 0.05) is 17.5 Å². The van der Waals surface area contributed by atoms with E-state index in [1.54, 1.807) is 11.3 Å². The van der Waals surface area contributed by atoms with Gasteiger partial charge in [0.15, 0.2) is 0 Å². The molecule has 0 amide bonds. The SMILES string of the molecule is NC1(CCNCc2cscn2)CCC1. The Morgan fingerprint density at radius 2 is 2.43 bits per heavy atom. The summed E-state index contributed by atoms with van der Waals surface area (Å²) >= 11 is 1.64. The molecular formula is C10H17N3S. The third-order valence-electron chi connectivity index (χ3n) is 2.94. The van der Waals surface area contributed by atoms with Crippen LogP contribution in [0.15, 0.2) is 10.9 Å². The van der Waals surface area contributed by atoms with Gasteiger partial charge < -0.3 is 11.1 Å². The predicted molar refractivity (Wildman–Crippen MR) is 59.2 cm³/mol. The van der Waals surface area contributed by atoms with E-state index in [4.69, 9.17) is 5.73 Å². The predicted octanol–water partition coefficient (Wildman–Crippen LogP) is 1.50. The minimum Gasteiger partial charge on any atom is -0.325 e. The third-order valence-corrected chi connectivity index (χ3v) is 3.57. The van der Waals surface area contributed by atoms with Crippen molar-refractivity contribution in [1.82, 2.24) is 10.3 Å². The van der Waals surface area contributed by atoms with Crippen molar-refractivity contribution >= 4 is 11.3 Å². The molecule has 78 valence electrons. The summed E-state index contributed by atoms with van der Waals surface area (Å²) in [5.41, 5.74) is 9.26. The standard InChI is InChI=1S/C10H17N3S/c11-10(2-1-3-10)4-5-12-6-9-7-14-8-13-9/h7-8,12H,1-6,11H2. The zero-order chi connectivity index (χ0) is 9.86. The van der Waals surface area contributed by atoms with E-state index in [0.717, 1.165) is 25.2 Å². The summed E-state index contributed by atoms with van der Waals surface area (Å²) in [5.74, 6) is 0. The molecule has 4 heteroatoms. The van der Waals surface area contributed by atoms with Gasteiger partial charge in [-0.2, -0.15) is 0 Å². The van der Waals surface area contributed by atoms with Gasteiger partial charge in [-0.1, -0.05) is 0 Å². The van der Waals surface area contributed by atoms with Crippen LogP contribution in [0.4, 0.5) is 0 Å². The Bertz CT molecular complexity index is 267. The van der Waals surface area contributed by atoms with Crippen LogP contribution in [0.1, 0.15) is 31.4 Å². The maximum Gasteiger partial charge on any atom is 0.0795 e. The third kappa shape index (κ3) is 2.53. The molecule has 0 saturated heterocycles. The van der Waals surface area contributed by atoms with Crippen LogP contribution in [0.5, 0.6) is 0 Å². The molecule has 1 saturated carbocycles. The molecule has 3 nitrogen and oxygen atoms in total. The highest BCUT2D eigenvalue weighted by atomic mass is 32.1. The van der Waals surface area contributed by atoms with Gasteiger partial charge in [0.05, 0.1) is 11.2 Å². The van der Waals surface area contributed by atoms with Crippen molar-refractivity contribution in [3.8, 4) is 0 Å². The normalized spacial score (nSPS) is 19.2. The second-order valence-electron chi connectivity index (χ2n) is 4.12. The zero-order valence-corrected chi connectivity index (χ0v) is 9.15. The highest BCUT2D eigenvalue weighted by Gasteiger charge is 2.31. The molecule has 1 fully saturated rings. The maximum atomic E-state index is 6.11. The van der Waals surface area contributed by atoms with Crippen molar-refractivity contribution in [1.29, 1.82) is 0 Å². The topological polar surface area (TPSA) is 50.9 Å². The molecule has 0 atom stereocenters. The highest BCUT2D eigenvalue weighted by molar-refractivity contribution is 7.07. The van der Waals surface area contributed by atoms with Gasteiger partial charge in [-0.25, -0.2) is 4.98 Å². The Morgan fingerprint density at radius 1 is 1.57 bits per heavy atom. The Labute approximate surface area is 88.7 Å². The number of hydrogen-bond donors (Lipinski definition) is 2. The summed E-state index contributed by atoms with van der Waals surface area (Å²) in [5, 5.41) is 5.45. The number of aromatic nitrogens is 1. The summed E-state index contributed by atoms with van der Waals surface area (Å²) in [6.45, 7) is 1.88. The first-order chi connectivity index (χ1) is 6.79. The van der Waals surface area contributed by atoms with E-state index < -0.39 is 0 Å². The molecular weight excluding hydrogens is 194 g/mol. The second-order valence-corrected chi connectivity index (χ2v) is 4.84. The van der Waals surface area contributed by atoms with E-state index in [9.17, 15) is 0 Å². The van der Waals surface area contributed by atoms with Crippen molar-refractivity contribution in [2.24, 2.45) is 5.73 Å². The van der Waals surface area contributed by atoms with Crippen LogP contribution < -0.4 is 11.1 Å². The van der Waals surface area contributed by atoms with Crippen LogP contribution in [0.2, 0.25) is 0 Å². The minimum atomic E-state index is 0.148. The first kappa shape index (κ1) is 10.1. The fourth-order valence-corrected chi connectivity index (χ4v) is 2.32. The number of nitrogens with one attached hydrogen (secondary N) is 1. The quantitative estimate of drug-likeness (QED) is 0.726. The van der Waals surface area contributed by atoms with Crippen LogP contribution in [0, 0.1) is 0 Å². The van der Waals surface area contributed by atoms with Gasteiger partial charge in [0.1, 0.15) is 0 Å². The zero-order valence-electron chi connectivity index (χ0n) is 8.33. The van der Waals surface area contributed by atoms with Crippen LogP contribution >= 0.6 is 11.3 Å². The highest BCUT2D eigenvalue weighted by Crippen LogP contribution is 2.31. The number of hydrogen-bond acceptors (Lipinski definition) is 4. The lowest BCUT2D eigenvalue weighted by Crippen LogP contribution is -2.48. The maximum absolute atomic E-state index is 6.11. The largest absolute Gasteiger partial charge is 0.325 e. The minimum absolute atomic E-state index is 0.148. The molecule has 1 aliphatic rings. The molecule has 0 bridgehead atoms. The fourth-order valence-electron chi connectivity index (χ4n) is 1.76. The summed E-state index contributed by atoms with van der Waals surface area (Å²) in [6.07, 6.45) is 4.80. The number of thiazole rings is 1. The molecule has 0 aliphatic heterocycles. The van der Waals surface area contributed by atoms with E-state index in [-0.39, 0.29) is 5.54 Å². The first-order valence-corrected chi connectivity index (χ1v) is 6.09. The Kier molecular flexibility index (Phi) is 3.15. The summed E-state index contributed by atoms with van der Waals surface area (Å²) in [4.78, 5) is 4.21. The lowest BCUT2D eigenvalue weighted by atomic mass is 9.75. The molecule has 1 heterocycles. The molecule has 1 aliphatic carbocycles. The van der Waals surface area contributed by atoms with E-state index in [1.165, 1.54) is 19.3 Å². The van der Waals surface area contributed by atoms with Crippen molar-refractivity contribution in [3.63, 3.8) is 0 Å². The average Bonchev–Trinajstić information content (AvgIpc) is 2.62. The molecule has 14 heavy (non-hydrogen) atoms. The Hall–Kier alpha value is -0.450. The monoisotopic (exact) mass is 211 g/mol. The van der Waals surface area contributed by atoms with Crippen molar-refractivity contribution in [2.45, 2.75) is 37.8 Å². The van der Waals surface area contributed by atoms with Crippen molar-refractivity contribution in [2.75, 3.05) is 6.54 Å². The summed E-state index contributed by atoms with van der Waals surface area (Å²) < 4.78 is 0. The van der Waals surface area contributed by atoms with Crippen LogP contribution in [0.3, 0.4) is 0 Å². The second kappa shape index (κ2) is 4.38. The summed E-state index contributed by atoms with van der Waals surface area (Å²) in [7, 11) is 0. The van der Waals surface area contributed by atoms with E-state index in [1.807, 2.05) is 5.51 Å². The lowest BCUT2D eigenvalue weighted by Gasteiger charge is -2.38. The first-order valence-electron chi connectivity index (χ1n) is 5.15. The molecule has 1 aromatic heterocycles. The van der Waals surface area contributed by atoms with E-state index in [0.29, 0.717) is 0 Å². The lowest BCUT2D eigenvalue weighted by molar-refractivity contribution is 0.229. The molecule has 0 radical (unpaired) electrons. The van der Waals surface area contributed by atoms with Gasteiger partial charge in [0.2, 0.25) is 0 Å². The molecule has 1 aromatic rings. The Balaban J connectivity index is 1.59. The fraction of sp³-hybridized carbons (Fsp3) is 0.700. The molecule has 3 N–H and O–H groups in total. The Morgan fingerprint density at radius 3 is 3.00 bits per heavy atom. The smallest absolute Gasteiger partial charge is 0.0795 e. The van der Waals surface area contributed by atoms with Gasteiger partial charge in [-0.15, -0.1) is 11.3 Å². The molecule has 2 rings (SSSR count). The number of nitrogens with zero attached hydrogens (tertiary/aromatic N) is 1. The van der Waals surface area contributed by atoms with Crippen LogP contribution in [-0.2, 0) is 6.54 Å².